The fourth-order valence-corrected chi connectivity index (χ4v) is 3.71. The summed E-state index contributed by atoms with van der Waals surface area (Å²) in [6.07, 6.45) is 1.23. The van der Waals surface area contributed by atoms with Gasteiger partial charge in [0.2, 0.25) is 0 Å². The molecule has 1 saturated carbocycles. The molecule has 120 valence electrons. The minimum Gasteiger partial charge on any atom is -0.329 e. The third kappa shape index (κ3) is 6.38. The van der Waals surface area contributed by atoms with E-state index < -0.39 is 28.5 Å². The van der Waals surface area contributed by atoms with Crippen molar-refractivity contribution in [1.29, 1.82) is 0 Å². The summed E-state index contributed by atoms with van der Waals surface area (Å²) in [4.78, 5) is 0. The molecule has 1 aliphatic rings. The van der Waals surface area contributed by atoms with Gasteiger partial charge in [-0.2, -0.15) is 31.0 Å². The van der Waals surface area contributed by atoms with Crippen LogP contribution in [0.3, 0.4) is 0 Å². The van der Waals surface area contributed by atoms with Gasteiger partial charge >= 0.3 is 6.18 Å². The van der Waals surface area contributed by atoms with Crippen molar-refractivity contribution in [2.45, 2.75) is 56.7 Å². The first-order chi connectivity index (χ1) is 9.18. The zero-order valence-corrected chi connectivity index (χ0v) is 12.1. The second kappa shape index (κ2) is 7.06. The molecule has 5 nitrogen and oxygen atoms in total. The highest BCUT2D eigenvalue weighted by Gasteiger charge is 2.35. The van der Waals surface area contributed by atoms with Crippen molar-refractivity contribution >= 4 is 10.2 Å². The van der Waals surface area contributed by atoms with Gasteiger partial charge in [-0.3, -0.25) is 0 Å². The normalized spacial score (nSPS) is 21.2. The SMILES string of the molecule is NCC1(NS(=O)(=O)NCC(F)(F)F)CCCCCCC1. The van der Waals surface area contributed by atoms with Crippen LogP contribution in [0.15, 0.2) is 0 Å². The Morgan fingerprint density at radius 1 is 1.05 bits per heavy atom. The molecule has 0 unspecified atom stereocenters. The van der Waals surface area contributed by atoms with Crippen molar-refractivity contribution < 1.29 is 21.6 Å². The van der Waals surface area contributed by atoms with Crippen molar-refractivity contribution in [3.8, 4) is 0 Å². The van der Waals surface area contributed by atoms with E-state index in [0.29, 0.717) is 12.8 Å². The summed E-state index contributed by atoms with van der Waals surface area (Å²) in [5.41, 5.74) is 4.84. The lowest BCUT2D eigenvalue weighted by Gasteiger charge is -2.34. The summed E-state index contributed by atoms with van der Waals surface area (Å²) in [6, 6.07) is 0. The summed E-state index contributed by atoms with van der Waals surface area (Å²) in [6.45, 7) is -1.50. The van der Waals surface area contributed by atoms with Crippen LogP contribution in [-0.2, 0) is 10.2 Å². The molecule has 4 N–H and O–H groups in total. The average molecular weight is 317 g/mol. The van der Waals surface area contributed by atoms with Gasteiger partial charge in [-0.15, -0.1) is 0 Å². The smallest absolute Gasteiger partial charge is 0.329 e. The van der Waals surface area contributed by atoms with Gasteiger partial charge in [-0.05, 0) is 12.8 Å². The molecule has 1 rings (SSSR count). The second-order valence-electron chi connectivity index (χ2n) is 5.29. The van der Waals surface area contributed by atoms with Crippen molar-refractivity contribution in [3.05, 3.63) is 0 Å². The minimum atomic E-state index is -4.58. The van der Waals surface area contributed by atoms with Crippen LogP contribution in [0.1, 0.15) is 44.9 Å². The van der Waals surface area contributed by atoms with Crippen LogP contribution in [0.2, 0.25) is 0 Å². The molecule has 1 fully saturated rings. The predicted molar refractivity (Wildman–Crippen MR) is 70.2 cm³/mol. The van der Waals surface area contributed by atoms with Crippen molar-refractivity contribution in [3.63, 3.8) is 0 Å². The van der Waals surface area contributed by atoms with Crippen molar-refractivity contribution in [2.75, 3.05) is 13.1 Å². The van der Waals surface area contributed by atoms with Crippen LogP contribution in [0.5, 0.6) is 0 Å². The molecule has 0 bridgehead atoms. The maximum Gasteiger partial charge on any atom is 0.402 e. The Labute approximate surface area is 117 Å². The molecule has 0 saturated heterocycles. The van der Waals surface area contributed by atoms with Gasteiger partial charge in [-0.25, -0.2) is 0 Å². The molecule has 0 spiro atoms. The Morgan fingerprint density at radius 3 is 2.00 bits per heavy atom. The highest BCUT2D eigenvalue weighted by Crippen LogP contribution is 2.26. The summed E-state index contributed by atoms with van der Waals surface area (Å²) in [5, 5.41) is 0. The first kappa shape index (κ1) is 17.7. The van der Waals surface area contributed by atoms with Crippen LogP contribution in [-0.4, -0.2) is 33.2 Å². The Morgan fingerprint density at radius 2 is 1.55 bits per heavy atom. The average Bonchev–Trinajstić information content (AvgIpc) is 2.30. The fraction of sp³-hybridized carbons (Fsp3) is 1.00. The Kier molecular flexibility index (Phi) is 6.24. The number of nitrogens with two attached hydrogens (primary N) is 1. The van der Waals surface area contributed by atoms with E-state index in [2.05, 4.69) is 4.72 Å². The van der Waals surface area contributed by atoms with Crippen molar-refractivity contribution in [1.82, 2.24) is 9.44 Å². The number of hydrogen-bond acceptors (Lipinski definition) is 3. The van der Waals surface area contributed by atoms with Gasteiger partial charge in [0.1, 0.15) is 6.54 Å². The van der Waals surface area contributed by atoms with E-state index in [4.69, 9.17) is 5.73 Å². The topological polar surface area (TPSA) is 84.2 Å². The molecule has 1 aliphatic carbocycles. The third-order valence-corrected chi connectivity index (χ3v) is 4.74. The van der Waals surface area contributed by atoms with Gasteiger partial charge in [0.25, 0.3) is 10.2 Å². The number of nitrogens with one attached hydrogen (secondary N) is 2. The van der Waals surface area contributed by atoms with E-state index in [-0.39, 0.29) is 6.54 Å². The van der Waals surface area contributed by atoms with Gasteiger partial charge in [-0.1, -0.05) is 32.1 Å². The molecule has 20 heavy (non-hydrogen) atoms. The van der Waals surface area contributed by atoms with E-state index in [1.54, 1.807) is 0 Å². The first-order valence-electron chi connectivity index (χ1n) is 6.73. The predicted octanol–water partition coefficient (Wildman–Crippen LogP) is 1.41. The fourth-order valence-electron chi connectivity index (χ4n) is 2.43. The lowest BCUT2D eigenvalue weighted by Crippen LogP contribution is -2.57. The number of rotatable bonds is 5. The zero-order chi connectivity index (χ0) is 15.3. The summed E-state index contributed by atoms with van der Waals surface area (Å²) in [5.74, 6) is 0. The van der Waals surface area contributed by atoms with Crippen LogP contribution >= 0.6 is 0 Å². The molecule has 0 aromatic heterocycles. The van der Waals surface area contributed by atoms with Gasteiger partial charge in [0, 0.05) is 12.1 Å². The van der Waals surface area contributed by atoms with Crippen LogP contribution < -0.4 is 15.2 Å². The van der Waals surface area contributed by atoms with E-state index in [0.717, 1.165) is 32.1 Å². The molecule has 0 aliphatic heterocycles. The lowest BCUT2D eigenvalue weighted by molar-refractivity contribution is -0.121. The van der Waals surface area contributed by atoms with Crippen LogP contribution in [0, 0.1) is 0 Å². The maximum atomic E-state index is 12.1. The molecule has 9 heteroatoms. The van der Waals surface area contributed by atoms with Crippen LogP contribution in [0.4, 0.5) is 13.2 Å². The van der Waals surface area contributed by atoms with E-state index in [1.165, 1.54) is 4.72 Å². The number of halogens is 3. The number of alkyl halides is 3. The van der Waals surface area contributed by atoms with Crippen molar-refractivity contribution in [2.24, 2.45) is 5.73 Å². The highest BCUT2D eigenvalue weighted by molar-refractivity contribution is 7.87. The molecular formula is C11H22F3N3O2S. The first-order valence-corrected chi connectivity index (χ1v) is 8.22. The molecule has 0 aromatic rings. The Balaban J connectivity index is 2.69. The Hall–Kier alpha value is -0.380. The Bertz CT molecular complexity index is 390. The molecule has 0 atom stereocenters. The molecule has 0 heterocycles. The maximum absolute atomic E-state index is 12.1. The monoisotopic (exact) mass is 317 g/mol. The van der Waals surface area contributed by atoms with Crippen LogP contribution in [0.25, 0.3) is 0 Å². The quantitative estimate of drug-likeness (QED) is 0.717. The number of hydrogen-bond donors (Lipinski definition) is 3. The lowest BCUT2D eigenvalue weighted by atomic mass is 9.85. The second-order valence-corrected chi connectivity index (χ2v) is 6.79. The molecule has 0 aromatic carbocycles. The summed E-state index contributed by atoms with van der Waals surface area (Å²) >= 11 is 0. The van der Waals surface area contributed by atoms with Gasteiger partial charge < -0.3 is 5.73 Å². The zero-order valence-electron chi connectivity index (χ0n) is 11.3. The third-order valence-electron chi connectivity index (χ3n) is 3.51. The summed E-state index contributed by atoms with van der Waals surface area (Å²) < 4.78 is 63.6. The van der Waals surface area contributed by atoms with Gasteiger partial charge in [0.05, 0.1) is 0 Å². The van der Waals surface area contributed by atoms with E-state index >= 15 is 0 Å². The van der Waals surface area contributed by atoms with Gasteiger partial charge in [0.15, 0.2) is 0 Å². The highest BCUT2D eigenvalue weighted by atomic mass is 32.2. The molecule has 0 radical (unpaired) electrons. The molecule has 0 amide bonds. The standard InChI is InChI=1S/C11H22F3N3O2S/c12-11(13,14)9-16-20(18,19)17-10(8-15)6-4-2-1-3-5-7-10/h16-17H,1-9,15H2. The molecular weight excluding hydrogens is 295 g/mol. The largest absolute Gasteiger partial charge is 0.402 e. The van der Waals surface area contributed by atoms with E-state index in [1.807, 2.05) is 0 Å². The summed E-state index contributed by atoms with van der Waals surface area (Å²) in [7, 11) is -4.21. The van der Waals surface area contributed by atoms with E-state index in [9.17, 15) is 21.6 Å². The minimum absolute atomic E-state index is 0.0833.